The SMILES string of the molecule is Cn1nc(-c2ccc3c(c2)CCCC3)cc(N)c1=O. The van der Waals surface area contributed by atoms with E-state index in [1.807, 2.05) is 0 Å². The molecule has 3 rings (SSSR count). The number of nitrogens with zero attached hydrogens (tertiary/aromatic N) is 2. The smallest absolute Gasteiger partial charge is 0.289 e. The highest BCUT2D eigenvalue weighted by Crippen LogP contribution is 2.26. The van der Waals surface area contributed by atoms with Gasteiger partial charge in [0.15, 0.2) is 0 Å². The molecule has 0 unspecified atom stereocenters. The molecule has 0 spiro atoms. The molecule has 19 heavy (non-hydrogen) atoms. The van der Waals surface area contributed by atoms with Crippen LogP contribution in [0.4, 0.5) is 5.69 Å². The van der Waals surface area contributed by atoms with E-state index in [0.29, 0.717) is 0 Å². The number of hydrogen-bond donors (Lipinski definition) is 1. The van der Waals surface area contributed by atoms with Gasteiger partial charge in [0.05, 0.1) is 5.69 Å². The Morgan fingerprint density at radius 2 is 1.89 bits per heavy atom. The summed E-state index contributed by atoms with van der Waals surface area (Å²) in [4.78, 5) is 11.6. The highest BCUT2D eigenvalue weighted by atomic mass is 16.1. The minimum Gasteiger partial charge on any atom is -0.394 e. The predicted octanol–water partition coefficient (Wildman–Crippen LogP) is 1.91. The largest absolute Gasteiger partial charge is 0.394 e. The van der Waals surface area contributed by atoms with E-state index < -0.39 is 0 Å². The van der Waals surface area contributed by atoms with E-state index in [1.54, 1.807) is 13.1 Å². The van der Waals surface area contributed by atoms with Gasteiger partial charge in [-0.15, -0.1) is 0 Å². The molecule has 0 atom stereocenters. The molecule has 1 aliphatic carbocycles. The fourth-order valence-electron chi connectivity index (χ4n) is 2.67. The van der Waals surface area contributed by atoms with Gasteiger partial charge < -0.3 is 5.73 Å². The number of benzene rings is 1. The number of anilines is 1. The van der Waals surface area contributed by atoms with Crippen LogP contribution in [-0.4, -0.2) is 9.78 Å². The fraction of sp³-hybridized carbons (Fsp3) is 0.333. The Hall–Kier alpha value is -2.10. The van der Waals surface area contributed by atoms with Crippen LogP contribution in [0.15, 0.2) is 29.1 Å². The molecular formula is C15H17N3O. The van der Waals surface area contributed by atoms with E-state index in [-0.39, 0.29) is 11.2 Å². The van der Waals surface area contributed by atoms with Crippen LogP contribution < -0.4 is 11.3 Å². The average Bonchev–Trinajstić information content (AvgIpc) is 2.43. The molecule has 1 aromatic carbocycles. The Bertz CT molecular complexity index is 662. The van der Waals surface area contributed by atoms with Crippen molar-refractivity contribution in [3.63, 3.8) is 0 Å². The van der Waals surface area contributed by atoms with Crippen LogP contribution in [0, 0.1) is 0 Å². The van der Waals surface area contributed by atoms with Crippen molar-refractivity contribution in [2.24, 2.45) is 7.05 Å². The zero-order valence-electron chi connectivity index (χ0n) is 11.0. The first-order valence-electron chi connectivity index (χ1n) is 6.61. The van der Waals surface area contributed by atoms with Crippen LogP contribution in [-0.2, 0) is 19.9 Å². The Morgan fingerprint density at radius 3 is 2.63 bits per heavy atom. The Balaban J connectivity index is 2.09. The second-order valence-corrected chi connectivity index (χ2v) is 5.10. The lowest BCUT2D eigenvalue weighted by molar-refractivity contribution is 0.685. The third kappa shape index (κ3) is 2.14. The van der Waals surface area contributed by atoms with E-state index >= 15 is 0 Å². The summed E-state index contributed by atoms with van der Waals surface area (Å²) in [7, 11) is 1.63. The Kier molecular flexibility index (Phi) is 2.85. The number of hydrogen-bond acceptors (Lipinski definition) is 3. The van der Waals surface area contributed by atoms with Gasteiger partial charge in [-0.1, -0.05) is 12.1 Å². The van der Waals surface area contributed by atoms with E-state index in [4.69, 9.17) is 5.73 Å². The number of fused-ring (bicyclic) bond motifs is 1. The van der Waals surface area contributed by atoms with Crippen molar-refractivity contribution in [1.82, 2.24) is 9.78 Å². The van der Waals surface area contributed by atoms with E-state index in [1.165, 1.54) is 35.1 Å². The molecule has 4 heteroatoms. The lowest BCUT2D eigenvalue weighted by Crippen LogP contribution is -2.22. The lowest BCUT2D eigenvalue weighted by atomic mass is 9.90. The molecule has 0 bridgehead atoms. The first kappa shape index (κ1) is 12.0. The second-order valence-electron chi connectivity index (χ2n) is 5.10. The molecule has 2 aromatic rings. The normalized spacial score (nSPS) is 14.2. The number of rotatable bonds is 1. The molecule has 1 heterocycles. The fourth-order valence-corrected chi connectivity index (χ4v) is 2.67. The minimum absolute atomic E-state index is 0.241. The molecule has 1 aromatic heterocycles. The first-order chi connectivity index (χ1) is 9.15. The predicted molar refractivity (Wildman–Crippen MR) is 76.0 cm³/mol. The van der Waals surface area contributed by atoms with Crippen molar-refractivity contribution in [3.05, 3.63) is 45.7 Å². The highest BCUT2D eigenvalue weighted by Gasteiger charge is 2.12. The number of aromatic nitrogens is 2. The van der Waals surface area contributed by atoms with Gasteiger partial charge in [0.2, 0.25) is 0 Å². The maximum atomic E-state index is 11.6. The summed E-state index contributed by atoms with van der Waals surface area (Å²) in [5.41, 5.74) is 10.3. The number of nitrogen functional groups attached to an aromatic ring is 1. The third-order valence-electron chi connectivity index (χ3n) is 3.74. The highest BCUT2D eigenvalue weighted by molar-refractivity contribution is 5.64. The monoisotopic (exact) mass is 255 g/mol. The third-order valence-corrected chi connectivity index (χ3v) is 3.74. The average molecular weight is 255 g/mol. The van der Waals surface area contributed by atoms with Crippen molar-refractivity contribution in [1.29, 1.82) is 0 Å². The number of aryl methyl sites for hydroxylation is 3. The van der Waals surface area contributed by atoms with Gasteiger partial charge in [0.25, 0.3) is 5.56 Å². The van der Waals surface area contributed by atoms with Gasteiger partial charge in [-0.3, -0.25) is 4.79 Å². The van der Waals surface area contributed by atoms with Gasteiger partial charge in [-0.05, 0) is 48.9 Å². The molecule has 0 aliphatic heterocycles. The maximum absolute atomic E-state index is 11.6. The summed E-state index contributed by atoms with van der Waals surface area (Å²) in [6.07, 6.45) is 4.82. The van der Waals surface area contributed by atoms with Gasteiger partial charge in [0.1, 0.15) is 5.69 Å². The summed E-state index contributed by atoms with van der Waals surface area (Å²) < 4.78 is 1.30. The van der Waals surface area contributed by atoms with Crippen molar-refractivity contribution in [2.45, 2.75) is 25.7 Å². The molecule has 1 aliphatic rings. The number of nitrogens with two attached hydrogens (primary N) is 1. The van der Waals surface area contributed by atoms with Crippen LogP contribution in [0.3, 0.4) is 0 Å². The summed E-state index contributed by atoms with van der Waals surface area (Å²) in [6.45, 7) is 0. The first-order valence-corrected chi connectivity index (χ1v) is 6.61. The maximum Gasteiger partial charge on any atom is 0.289 e. The van der Waals surface area contributed by atoms with Crippen LogP contribution in [0.5, 0.6) is 0 Å². The molecule has 4 nitrogen and oxygen atoms in total. The molecule has 0 saturated carbocycles. The zero-order chi connectivity index (χ0) is 13.4. The Morgan fingerprint density at radius 1 is 1.16 bits per heavy atom. The van der Waals surface area contributed by atoms with Gasteiger partial charge in [-0.2, -0.15) is 5.10 Å². The molecular weight excluding hydrogens is 238 g/mol. The quantitative estimate of drug-likeness (QED) is 0.846. The van der Waals surface area contributed by atoms with Crippen molar-refractivity contribution in [2.75, 3.05) is 5.73 Å². The van der Waals surface area contributed by atoms with E-state index in [2.05, 4.69) is 23.3 Å². The van der Waals surface area contributed by atoms with Crippen LogP contribution in [0.25, 0.3) is 11.3 Å². The standard InChI is InChI=1S/C15H17N3O/c1-18-15(19)13(16)9-14(17-18)12-7-6-10-4-2-3-5-11(10)8-12/h6-9H,2-5,16H2,1H3. The summed E-state index contributed by atoms with van der Waals surface area (Å²) in [6, 6.07) is 8.08. The van der Waals surface area contributed by atoms with Crippen LogP contribution in [0.1, 0.15) is 24.0 Å². The molecule has 98 valence electrons. The summed E-state index contributed by atoms with van der Waals surface area (Å²) in [5, 5.41) is 4.28. The lowest BCUT2D eigenvalue weighted by Gasteiger charge is -2.16. The Labute approximate surface area is 111 Å². The van der Waals surface area contributed by atoms with Gasteiger partial charge >= 0.3 is 0 Å². The van der Waals surface area contributed by atoms with Crippen LogP contribution >= 0.6 is 0 Å². The zero-order valence-corrected chi connectivity index (χ0v) is 11.0. The molecule has 0 amide bonds. The molecule has 0 fully saturated rings. The van der Waals surface area contributed by atoms with Crippen molar-refractivity contribution >= 4 is 5.69 Å². The molecule has 0 radical (unpaired) electrons. The molecule has 0 saturated heterocycles. The van der Waals surface area contributed by atoms with Gasteiger partial charge in [-0.25, -0.2) is 4.68 Å². The molecule has 2 N–H and O–H groups in total. The summed E-state index contributed by atoms with van der Waals surface area (Å²) >= 11 is 0. The topological polar surface area (TPSA) is 60.9 Å². The summed E-state index contributed by atoms with van der Waals surface area (Å²) in [5.74, 6) is 0. The second kappa shape index (κ2) is 4.53. The van der Waals surface area contributed by atoms with Gasteiger partial charge in [0, 0.05) is 12.6 Å². The van der Waals surface area contributed by atoms with E-state index in [0.717, 1.165) is 17.7 Å². The van der Waals surface area contributed by atoms with Crippen molar-refractivity contribution < 1.29 is 0 Å². The van der Waals surface area contributed by atoms with Crippen molar-refractivity contribution in [3.8, 4) is 11.3 Å². The minimum atomic E-state index is -0.248. The van der Waals surface area contributed by atoms with Crippen LogP contribution in [0.2, 0.25) is 0 Å². The van der Waals surface area contributed by atoms with E-state index in [9.17, 15) is 4.79 Å².